The summed E-state index contributed by atoms with van der Waals surface area (Å²) in [5, 5.41) is 2.84. The van der Waals surface area contributed by atoms with E-state index in [1.54, 1.807) is 6.07 Å². The van der Waals surface area contributed by atoms with E-state index >= 15 is 0 Å². The Labute approximate surface area is 145 Å². The molecule has 1 saturated carbocycles. The number of nitrogens with zero attached hydrogens (tertiary/aromatic N) is 2. The lowest BCUT2D eigenvalue weighted by Crippen LogP contribution is -2.28. The minimum atomic E-state index is -0.577. The van der Waals surface area contributed by atoms with Crippen molar-refractivity contribution in [2.75, 3.05) is 26.3 Å². The Bertz CT molecular complexity index is 819. The summed E-state index contributed by atoms with van der Waals surface area (Å²) in [4.78, 5) is 21.0. The lowest BCUT2D eigenvalue weighted by molar-refractivity contribution is -0.118. The lowest BCUT2D eigenvalue weighted by Gasteiger charge is -2.16. The minimum Gasteiger partial charge on any atom is -0.481 e. The smallest absolute Gasteiger partial charge is 0.321 e. The van der Waals surface area contributed by atoms with Crippen LogP contribution < -0.4 is 24.3 Å². The fourth-order valence-corrected chi connectivity index (χ4v) is 2.87. The maximum Gasteiger partial charge on any atom is 0.321 e. The van der Waals surface area contributed by atoms with Crippen molar-refractivity contribution < 1.29 is 25.2 Å². The molecule has 0 radical (unpaired) electrons. The van der Waals surface area contributed by atoms with Gasteiger partial charge in [-0.25, -0.2) is 0 Å². The van der Waals surface area contributed by atoms with Crippen LogP contribution in [0.4, 0.5) is 5.82 Å². The van der Waals surface area contributed by atoms with Gasteiger partial charge in [0, 0.05) is 7.49 Å². The highest BCUT2D eigenvalue weighted by Gasteiger charge is 2.51. The first-order valence-corrected chi connectivity index (χ1v) is 7.83. The van der Waals surface area contributed by atoms with Crippen LogP contribution in [0.5, 0.6) is 23.4 Å². The van der Waals surface area contributed by atoms with Crippen LogP contribution in [-0.2, 0) is 10.2 Å². The molecule has 0 atom stereocenters. The quantitative estimate of drug-likeness (QED) is 0.887. The van der Waals surface area contributed by atoms with Crippen LogP contribution in [0.25, 0.3) is 0 Å². The zero-order valence-electron chi connectivity index (χ0n) is 13.9. The van der Waals surface area contributed by atoms with Crippen LogP contribution in [0.2, 0.25) is 0 Å². The van der Waals surface area contributed by atoms with Gasteiger partial charge in [0.2, 0.25) is 18.6 Å². The zero-order valence-corrected chi connectivity index (χ0v) is 13.9. The number of amides is 1. The van der Waals surface area contributed by atoms with Crippen LogP contribution in [0.15, 0.2) is 24.3 Å². The van der Waals surface area contributed by atoms with Crippen molar-refractivity contribution >= 4 is 11.7 Å². The van der Waals surface area contributed by atoms with Gasteiger partial charge >= 0.3 is 6.01 Å². The molecule has 1 N–H and O–H groups in total. The van der Waals surface area contributed by atoms with Gasteiger partial charge in [0.25, 0.3) is 0 Å². The molecule has 2 aromatic rings. The summed E-state index contributed by atoms with van der Waals surface area (Å²) in [5.74, 6) is 1.89. The summed E-state index contributed by atoms with van der Waals surface area (Å²) in [5.41, 5.74) is 0.328. The Hall–Kier alpha value is -3.03. The first-order chi connectivity index (χ1) is 12.1. The van der Waals surface area contributed by atoms with E-state index in [4.69, 9.17) is 18.9 Å². The average molecular weight is 345 g/mol. The van der Waals surface area contributed by atoms with Crippen LogP contribution in [0.3, 0.4) is 0 Å². The third-order valence-corrected chi connectivity index (χ3v) is 4.43. The third kappa shape index (κ3) is 2.69. The topological polar surface area (TPSA) is 91.8 Å². The molecule has 4 rings (SSSR count). The highest BCUT2D eigenvalue weighted by molar-refractivity contribution is 6.01. The van der Waals surface area contributed by atoms with Gasteiger partial charge in [-0.2, -0.15) is 9.97 Å². The van der Waals surface area contributed by atoms with Crippen molar-refractivity contribution in [2.24, 2.45) is 0 Å². The van der Waals surface area contributed by atoms with Gasteiger partial charge in [-0.15, -0.1) is 0 Å². The molecule has 1 aliphatic heterocycles. The number of carbonyl (C=O) groups is 1. The molecule has 0 spiro atoms. The van der Waals surface area contributed by atoms with E-state index in [1.165, 1.54) is 14.2 Å². The monoisotopic (exact) mass is 345 g/mol. The van der Waals surface area contributed by atoms with Crippen LogP contribution in [-0.4, -0.2) is 36.9 Å². The Morgan fingerprint density at radius 1 is 1.16 bits per heavy atom. The standard InChI is InChI=1S/C17H17N3O5.H2/c1-22-14-8-13(19-16(20-14)23-2)18-15(21)17(5-6-17)10-3-4-11-12(7-10)25-9-24-11;/h3-4,7-8H,5-6,9H2,1-2H3,(H,18,19,20,21);1H. The largest absolute Gasteiger partial charge is 0.481 e. The molecule has 8 nitrogen and oxygen atoms in total. The zero-order chi connectivity index (χ0) is 17.4. The SMILES string of the molecule is COc1cc(NC(=O)C2(c3ccc4c(c3)OCO4)CC2)nc(OC)n1.[HH]. The highest BCUT2D eigenvalue weighted by atomic mass is 16.7. The Morgan fingerprint density at radius 3 is 2.68 bits per heavy atom. The van der Waals surface area contributed by atoms with Crippen LogP contribution in [0, 0.1) is 0 Å². The van der Waals surface area contributed by atoms with E-state index in [0.29, 0.717) is 23.2 Å². The van der Waals surface area contributed by atoms with Crippen molar-refractivity contribution in [1.82, 2.24) is 9.97 Å². The third-order valence-electron chi connectivity index (χ3n) is 4.43. The molecule has 1 aromatic carbocycles. The number of nitrogens with one attached hydrogen (secondary N) is 1. The Morgan fingerprint density at radius 2 is 1.96 bits per heavy atom. The molecular formula is C17H19N3O5. The number of fused-ring (bicyclic) bond motifs is 1. The molecule has 1 amide bonds. The Kier molecular flexibility index (Phi) is 3.60. The summed E-state index contributed by atoms with van der Waals surface area (Å²) in [6.45, 7) is 0.207. The van der Waals surface area contributed by atoms with Crippen LogP contribution in [0.1, 0.15) is 19.8 Å². The number of benzene rings is 1. The van der Waals surface area contributed by atoms with E-state index in [1.807, 2.05) is 18.2 Å². The number of carbonyl (C=O) groups excluding carboxylic acids is 1. The maximum absolute atomic E-state index is 12.9. The van der Waals surface area contributed by atoms with Crippen molar-refractivity contribution in [3.63, 3.8) is 0 Å². The number of methoxy groups -OCH3 is 2. The molecule has 8 heteroatoms. The molecule has 1 fully saturated rings. The highest BCUT2D eigenvalue weighted by Crippen LogP contribution is 2.51. The molecule has 0 saturated heterocycles. The molecule has 1 aliphatic carbocycles. The van der Waals surface area contributed by atoms with Gasteiger partial charge in [-0.3, -0.25) is 4.79 Å². The molecule has 132 valence electrons. The summed E-state index contributed by atoms with van der Waals surface area (Å²) in [7, 11) is 2.94. The molecule has 0 bridgehead atoms. The van der Waals surface area contributed by atoms with Gasteiger partial charge in [0.1, 0.15) is 5.82 Å². The van der Waals surface area contributed by atoms with Gasteiger partial charge in [0.15, 0.2) is 11.5 Å². The molecule has 0 unspecified atom stereocenters. The average Bonchev–Trinajstić information content (AvgIpc) is 3.32. The van der Waals surface area contributed by atoms with Crippen molar-refractivity contribution in [2.45, 2.75) is 18.3 Å². The summed E-state index contributed by atoms with van der Waals surface area (Å²) in [6, 6.07) is 7.29. The van der Waals surface area contributed by atoms with E-state index in [0.717, 1.165) is 18.4 Å². The number of hydrogen-bond acceptors (Lipinski definition) is 7. The van der Waals surface area contributed by atoms with E-state index in [9.17, 15) is 4.79 Å². The van der Waals surface area contributed by atoms with Gasteiger partial charge in [-0.1, -0.05) is 6.07 Å². The number of ether oxygens (including phenoxy) is 4. The van der Waals surface area contributed by atoms with Gasteiger partial charge in [-0.05, 0) is 30.5 Å². The predicted octanol–water partition coefficient (Wildman–Crippen LogP) is 2.14. The molecule has 25 heavy (non-hydrogen) atoms. The fraction of sp³-hybridized carbons (Fsp3) is 0.353. The Balaban J connectivity index is 0.00000196. The number of aromatic nitrogens is 2. The van der Waals surface area contributed by atoms with Crippen LogP contribution >= 0.6 is 0 Å². The van der Waals surface area contributed by atoms with Crippen molar-refractivity contribution in [3.05, 3.63) is 29.8 Å². The van der Waals surface area contributed by atoms with E-state index in [-0.39, 0.29) is 20.1 Å². The second-order valence-corrected chi connectivity index (χ2v) is 5.89. The number of anilines is 1. The van der Waals surface area contributed by atoms with E-state index < -0.39 is 5.41 Å². The van der Waals surface area contributed by atoms with Gasteiger partial charge in [0.05, 0.1) is 19.6 Å². The summed E-state index contributed by atoms with van der Waals surface area (Å²) < 4.78 is 20.9. The molecule has 2 heterocycles. The second-order valence-electron chi connectivity index (χ2n) is 5.89. The normalized spacial score (nSPS) is 16.2. The minimum absolute atomic E-state index is 0. The lowest BCUT2D eigenvalue weighted by atomic mass is 9.94. The number of rotatable bonds is 5. The van der Waals surface area contributed by atoms with E-state index in [2.05, 4.69) is 15.3 Å². The second kappa shape index (κ2) is 5.80. The van der Waals surface area contributed by atoms with Gasteiger partial charge < -0.3 is 24.3 Å². The summed E-state index contributed by atoms with van der Waals surface area (Å²) in [6.07, 6.45) is 1.52. The maximum atomic E-state index is 12.9. The molecule has 2 aliphatic rings. The summed E-state index contributed by atoms with van der Waals surface area (Å²) >= 11 is 0. The molecular weight excluding hydrogens is 326 g/mol. The predicted molar refractivity (Wildman–Crippen MR) is 89.4 cm³/mol. The fourth-order valence-electron chi connectivity index (χ4n) is 2.87. The first kappa shape index (κ1) is 15.5. The van der Waals surface area contributed by atoms with Crippen molar-refractivity contribution in [1.29, 1.82) is 0 Å². The molecule has 1 aromatic heterocycles. The first-order valence-electron chi connectivity index (χ1n) is 7.83. The van der Waals surface area contributed by atoms with Crippen molar-refractivity contribution in [3.8, 4) is 23.4 Å². The number of hydrogen-bond donors (Lipinski definition) is 1.